The number of amides is 5. The highest BCUT2D eigenvalue weighted by Crippen LogP contribution is 2.33. The van der Waals surface area contributed by atoms with E-state index >= 15 is 0 Å². The zero-order valence-electron chi connectivity index (χ0n) is 82.4. The number of nitrogens with one attached hydrogen (secondary N) is 17. The van der Waals surface area contributed by atoms with Crippen molar-refractivity contribution in [2.75, 3.05) is 277 Å². The van der Waals surface area contributed by atoms with Crippen molar-refractivity contribution in [1.82, 2.24) is 90.6 Å². The first-order valence-corrected chi connectivity index (χ1v) is 56.5. The Morgan fingerprint density at radius 2 is 0.964 bits per heavy atom. The summed E-state index contributed by atoms with van der Waals surface area (Å²) in [6, 6.07) is -0.0463. The van der Waals surface area contributed by atoms with Gasteiger partial charge in [-0.1, -0.05) is 49.3 Å². The van der Waals surface area contributed by atoms with Crippen molar-refractivity contribution in [2.24, 2.45) is 9.98 Å². The molecule has 25 aliphatic heterocycles. The number of thioether (sulfide) groups is 4. The molecular formula is C93H177N19O20S5. The molecule has 0 saturated carbocycles. The van der Waals surface area contributed by atoms with Gasteiger partial charge in [-0.3, -0.25) is 40.5 Å². The first-order valence-electron chi connectivity index (χ1n) is 50.4. The van der Waals surface area contributed by atoms with E-state index in [0.29, 0.717) is 81.6 Å². The summed E-state index contributed by atoms with van der Waals surface area (Å²) in [6.45, 7) is 33.7. The summed E-state index contributed by atoms with van der Waals surface area (Å²) in [5.41, 5.74) is 5.94. The fourth-order valence-electron chi connectivity index (χ4n) is 12.5. The van der Waals surface area contributed by atoms with Gasteiger partial charge < -0.3 is 127 Å². The molecule has 0 spiro atoms. The number of hydrogen-bond donors (Lipinski definition) is 17. The van der Waals surface area contributed by atoms with Crippen molar-refractivity contribution in [3.63, 3.8) is 0 Å². The van der Waals surface area contributed by atoms with Gasteiger partial charge in [-0.25, -0.2) is 27.6 Å². The molecule has 5 amide bonds. The number of urea groups is 1. The predicted octanol–water partition coefficient (Wildman–Crippen LogP) is 8.31. The molecule has 0 unspecified atom stereocenters. The molecule has 25 aliphatic rings. The molecule has 25 heterocycles. The largest absolute Gasteiger partial charge is 0.508 e. The smallest absolute Gasteiger partial charge is 0.482 e. The van der Waals surface area contributed by atoms with Crippen LogP contribution in [0.4, 0.5) is 19.2 Å². The Balaban J connectivity index is 0.000000484. The zero-order chi connectivity index (χ0) is 98.1. The number of hydrazine groups is 1. The van der Waals surface area contributed by atoms with E-state index in [2.05, 4.69) is 164 Å². The number of esters is 1. The predicted molar refractivity (Wildman–Crippen MR) is 555 cm³/mol. The van der Waals surface area contributed by atoms with Gasteiger partial charge in [0.25, 0.3) is 0 Å². The lowest BCUT2D eigenvalue weighted by Gasteiger charge is -2.12. The van der Waals surface area contributed by atoms with Crippen molar-refractivity contribution in [3.8, 4) is 0 Å². The summed E-state index contributed by atoms with van der Waals surface area (Å²) in [6.07, 6.45) is 53.8. The highest BCUT2D eigenvalue weighted by Gasteiger charge is 2.31. The maximum atomic E-state index is 10.4. The molecule has 44 heteroatoms. The number of epoxide rings is 1. The second-order valence-corrected chi connectivity index (χ2v) is 38.9. The fraction of sp³-hybridized carbons (Fsp3) is 0.817. The third-order valence-corrected chi connectivity index (χ3v) is 25.5. The van der Waals surface area contributed by atoms with Gasteiger partial charge in [0.15, 0.2) is 11.5 Å². The minimum atomic E-state index is -2.55. The Kier molecular flexibility index (Phi) is 95.4. The average molecular weight is 2040 g/mol. The third-order valence-electron chi connectivity index (χ3n) is 20.1. The number of alkyl carbamates (subject to hydrolysis) is 2. The summed E-state index contributed by atoms with van der Waals surface area (Å²) in [5, 5.41) is 48.0. The van der Waals surface area contributed by atoms with Gasteiger partial charge in [-0.05, 0) is 228 Å². The summed E-state index contributed by atoms with van der Waals surface area (Å²) in [7, 11) is -2.55. The molecule has 0 aliphatic carbocycles. The van der Waals surface area contributed by atoms with Crippen molar-refractivity contribution < 1.29 is 94.1 Å². The van der Waals surface area contributed by atoms with Crippen molar-refractivity contribution >= 4 is 111 Å². The van der Waals surface area contributed by atoms with Crippen LogP contribution in [0.2, 0.25) is 0 Å². The topological polar surface area (TPSA) is 488 Å². The fourth-order valence-corrected chi connectivity index (χ4v) is 17.0. The van der Waals surface area contributed by atoms with Crippen LogP contribution < -0.4 is 90.6 Å². The molecule has 20 fully saturated rings. The van der Waals surface area contributed by atoms with E-state index in [-0.39, 0.29) is 30.1 Å². The number of sulfone groups is 1. The number of hydrogen-bond acceptors (Lipinski definition) is 38. The van der Waals surface area contributed by atoms with Crippen LogP contribution in [-0.2, 0) is 76.3 Å². The minimum absolute atomic E-state index is 0.0463. The van der Waals surface area contributed by atoms with E-state index in [4.69, 9.17) is 18.9 Å². The van der Waals surface area contributed by atoms with Crippen LogP contribution in [0, 0.1) is 0 Å². The summed E-state index contributed by atoms with van der Waals surface area (Å²) in [4.78, 5) is 77.8. The number of allylic oxidation sites excluding steroid dienone is 1. The highest BCUT2D eigenvalue weighted by molar-refractivity contribution is 8.14. The lowest BCUT2D eigenvalue weighted by atomic mass is 10.0. The van der Waals surface area contributed by atoms with Gasteiger partial charge in [0, 0.05) is 154 Å². The van der Waals surface area contributed by atoms with Crippen molar-refractivity contribution in [3.05, 3.63) is 47.6 Å². The monoisotopic (exact) mass is 2040 g/mol. The number of aliphatic imine (C=N–C) groups is 2. The van der Waals surface area contributed by atoms with Crippen molar-refractivity contribution in [2.45, 2.75) is 211 Å². The van der Waals surface area contributed by atoms with Crippen LogP contribution >= 0.6 is 47.0 Å². The Bertz CT molecular complexity index is 2580. The number of carbonyl (C=O) groups is 7. The molecule has 0 aromatic heterocycles. The van der Waals surface area contributed by atoms with E-state index in [1.54, 1.807) is 18.1 Å². The van der Waals surface area contributed by atoms with Crippen LogP contribution in [0.5, 0.6) is 0 Å². The summed E-state index contributed by atoms with van der Waals surface area (Å²) in [5.74, 6) is 7.36. The standard InChI is InChI=1S/C6H10O.2C5H11N.C5H9N.C5H10O.C5H10S.C4H9NO.C4H7NO.C4H5NS.C4H9N.C4H7N.C4H8O2S.C4H6O2.C4H6OS.C4H8O.C3H6N2O2.C3H6N2O.C3H6N2.C3H8N2.C3H5NO2.C3H5NO.C3H7NS.C3H4O3.C2H4O/c1-2-6-4-3-5(1)7-6;5*1-2-4-6-5-3-1;1-3-6-4-2-5-1;6-4-2-1-3-5-4;1-3-6-4-2-5-1;2*1-2-4-5-3-1;5-7(6)3-1-2-4-7;2*5-4-2-1-3-6-4;1-2-4-5-3-1;6-3-5-1-4-2-7-3;6-3-4-1-2-5-3;1-2-5-3-4-1;1-2-4-5-3-1;5-3-4-1-2-6-3;2*1-2-5-3-4-1;4-3-5-1-2-6-3;1-2-3-1/h5-6H,1-4H2;2*6H,1-5H2;2,4,6H,1,3,5H2;2*1-5H2;5H,1-4H2;1-3H2,(H,5,6);1-5H;5H,1-4H2;1-2,5H,3-4H2;1-4H2;2*1-3H2;1-4H2;4H,1-2H2,(H,5,6);1-2H2,(H2,4,5,6);3H,1-2H2,(H,4,5);4-5H,1-3H2;1-2H2,(H,4,5);3H,1-2H2;4H,1-3H2;1-2H2;1-2H2. The van der Waals surface area contributed by atoms with Gasteiger partial charge in [0.05, 0.1) is 89.4 Å². The van der Waals surface area contributed by atoms with E-state index in [1.807, 2.05) is 41.2 Å². The second-order valence-electron chi connectivity index (χ2n) is 32.3. The molecule has 17 N–H and O–H groups in total. The number of rotatable bonds is 0. The molecule has 0 atom stereocenters. The van der Waals surface area contributed by atoms with Crippen LogP contribution in [0.15, 0.2) is 57.6 Å². The maximum absolute atomic E-state index is 10.4. The van der Waals surface area contributed by atoms with E-state index in [9.17, 15) is 42.0 Å². The van der Waals surface area contributed by atoms with Gasteiger partial charge in [0.1, 0.15) is 43.0 Å². The number of carbonyl (C=O) groups excluding carboxylic acids is 7. The Hall–Kier alpha value is -6.02. The quantitative estimate of drug-likeness (QED) is 0.0469. The zero-order valence-corrected chi connectivity index (χ0v) is 86.4. The van der Waals surface area contributed by atoms with Crippen molar-refractivity contribution in [1.29, 1.82) is 0 Å². The number of cyclic esters (lactones) is 5. The normalized spacial score (nSPS) is 23.4. The summed E-state index contributed by atoms with van der Waals surface area (Å²) < 4.78 is 72.4. The van der Waals surface area contributed by atoms with Crippen LogP contribution in [0.3, 0.4) is 0 Å². The number of ether oxygens (including phenoxy) is 11. The molecule has 794 valence electrons. The van der Waals surface area contributed by atoms with Gasteiger partial charge in [-0.2, -0.15) is 11.8 Å². The molecular weight excluding hydrogens is 1860 g/mol. The highest BCUT2D eigenvalue weighted by atomic mass is 32.2. The number of fused-ring (bicyclic) bond motifs is 2. The van der Waals surface area contributed by atoms with E-state index in [0.717, 1.165) is 195 Å². The lowest BCUT2D eigenvalue weighted by Crippen LogP contribution is -2.42. The van der Waals surface area contributed by atoms with Crippen LogP contribution in [0.25, 0.3) is 0 Å². The molecule has 2 bridgehead atoms. The minimum Gasteiger partial charge on any atom is -0.482 e. The number of nitrogens with zero attached hydrogens (tertiary/aromatic N) is 2. The Morgan fingerprint density at radius 1 is 0.372 bits per heavy atom. The number of morpholine rings is 1. The molecule has 0 aromatic carbocycles. The number of piperidine rings is 2. The van der Waals surface area contributed by atoms with Gasteiger partial charge in [-0.15, -0.1) is 23.5 Å². The van der Waals surface area contributed by atoms with Crippen LogP contribution in [0.1, 0.15) is 199 Å². The molecule has 0 radical (unpaired) electrons. The Morgan fingerprint density at radius 3 is 1.13 bits per heavy atom. The van der Waals surface area contributed by atoms with Gasteiger partial charge >= 0.3 is 30.3 Å². The molecule has 0 aromatic rings. The molecule has 20 saturated heterocycles. The second kappa shape index (κ2) is 103. The third kappa shape index (κ3) is 101. The SMILES string of the molecule is C1=CCNC1.C1=CNCCC1.C1=CSC=CN1.C1=NCCN1.C1=NCCO1.C1CC2CCC1O2.C1CCNC1.C1CCNCC1.C1CCNCC1.C1CCOC1.C1CCOCC1.C1CCSCC1.C1CNNC1.C1CO1.C1COCCN1.C1CSCN1.O=C1CCCN1.O=C1CCCO1.O=C1CCCS1.O=C1NCCN1.O=C1NCCO1.O=C1NCNCO1.O=C1OCCO1.O=S1(=O)CCCC1. The first kappa shape index (κ1) is 127. The molecule has 137 heavy (non-hydrogen) atoms. The average Bonchev–Trinajstić information content (AvgIpc) is 1.73. The molecule has 25 rings (SSSR count). The van der Waals surface area contributed by atoms with E-state index < -0.39 is 16.0 Å². The summed E-state index contributed by atoms with van der Waals surface area (Å²) >= 11 is 7.19. The van der Waals surface area contributed by atoms with E-state index in [1.165, 1.54) is 235 Å². The Labute approximate surface area is 836 Å². The van der Waals surface area contributed by atoms with Crippen LogP contribution in [-0.4, -0.2) is 352 Å². The van der Waals surface area contributed by atoms with Gasteiger partial charge in [0.2, 0.25) is 5.91 Å². The lowest BCUT2D eigenvalue weighted by molar-refractivity contribution is -0.138. The first-order chi connectivity index (χ1) is 67.4. The molecule has 39 nitrogen and oxygen atoms in total. The maximum Gasteiger partial charge on any atom is 0.508 e.